The minimum atomic E-state index is -1.06. The Morgan fingerprint density at radius 1 is 0.718 bits per heavy atom. The molecule has 0 fully saturated rings. The van der Waals surface area contributed by atoms with Gasteiger partial charge >= 0.3 is 0 Å². The van der Waals surface area contributed by atoms with Crippen LogP contribution in [0, 0.1) is 5.92 Å². The Bertz CT molecular complexity index is 637. The highest BCUT2D eigenvalue weighted by molar-refractivity contribution is 5.80. The summed E-state index contributed by atoms with van der Waals surface area (Å²) < 4.78 is 22.8. The van der Waals surface area contributed by atoms with Crippen LogP contribution in [0.5, 0.6) is 0 Å². The number of hydrogen-bond donors (Lipinski definition) is 1. The fraction of sp³-hybridized carbons (Fsp3) is 0.867. The first-order valence-electron chi connectivity index (χ1n) is 14.6. The third-order valence-corrected chi connectivity index (χ3v) is 5.65. The number of amides is 1. The van der Waals surface area contributed by atoms with E-state index in [0.29, 0.717) is 12.8 Å². The van der Waals surface area contributed by atoms with Crippen molar-refractivity contribution in [2.75, 3.05) is 46.8 Å². The largest absolute Gasteiger partial charge is 0.378 e. The number of carbonyl (C=O) groups excluding carboxylic acids is 4. The molecule has 0 rings (SSSR count). The molecule has 0 bridgehead atoms. The number of Topliss-reactive ketones (excluding diaryl/α,β-unsaturated/α-hetero) is 3. The molecule has 0 unspecified atom stereocenters. The molecule has 0 aliphatic rings. The minimum absolute atomic E-state index is 0.0426. The Morgan fingerprint density at radius 2 is 1.10 bits per heavy atom. The Morgan fingerprint density at radius 3 is 1.44 bits per heavy atom. The van der Waals surface area contributed by atoms with Crippen LogP contribution in [0.3, 0.4) is 0 Å². The number of nitrogens with one attached hydrogen (secondary N) is 1. The fourth-order valence-corrected chi connectivity index (χ4v) is 3.02. The molecule has 0 saturated carbocycles. The Hall–Kier alpha value is -1.68. The summed E-state index contributed by atoms with van der Waals surface area (Å²) in [6.07, 6.45) is 1.76. The number of methoxy groups -OCH3 is 1. The summed E-state index contributed by atoms with van der Waals surface area (Å²) >= 11 is 0. The molecule has 1 amide bonds. The van der Waals surface area contributed by atoms with Gasteiger partial charge in [-0.25, -0.2) is 0 Å². The zero-order valence-corrected chi connectivity index (χ0v) is 26.8. The molecular weight excluding hydrogens is 502 g/mol. The maximum atomic E-state index is 12.9. The predicted octanol–water partition coefficient (Wildman–Crippen LogP) is 5.11. The van der Waals surface area contributed by atoms with E-state index in [1.807, 2.05) is 55.4 Å². The van der Waals surface area contributed by atoms with E-state index in [2.05, 4.69) is 5.32 Å². The van der Waals surface area contributed by atoms with Crippen molar-refractivity contribution in [2.45, 2.75) is 119 Å². The van der Waals surface area contributed by atoms with Crippen molar-refractivity contribution in [2.24, 2.45) is 5.92 Å². The first kappa shape index (κ1) is 41.8. The van der Waals surface area contributed by atoms with Crippen molar-refractivity contribution in [3.8, 4) is 0 Å². The topological polar surface area (TPSA) is 117 Å². The van der Waals surface area contributed by atoms with Crippen LogP contribution in [-0.2, 0) is 38.1 Å². The molecular formula is C30H59NO8. The van der Waals surface area contributed by atoms with Crippen LogP contribution in [0.1, 0.15) is 108 Å². The summed E-state index contributed by atoms with van der Waals surface area (Å²) in [6.45, 7) is 19.6. The van der Waals surface area contributed by atoms with E-state index in [-0.39, 0.29) is 94.5 Å². The van der Waals surface area contributed by atoms with Crippen LogP contribution in [0.15, 0.2) is 0 Å². The van der Waals surface area contributed by atoms with E-state index in [4.69, 9.17) is 18.9 Å². The van der Waals surface area contributed by atoms with Gasteiger partial charge in [-0.3, -0.25) is 19.2 Å². The zero-order chi connectivity index (χ0) is 30.9. The lowest BCUT2D eigenvalue weighted by atomic mass is 9.99. The lowest BCUT2D eigenvalue weighted by molar-refractivity contribution is -0.134. The average Bonchev–Trinajstić information content (AvgIpc) is 2.92. The average molecular weight is 562 g/mol. The summed E-state index contributed by atoms with van der Waals surface area (Å²) in [6, 6.07) is 0. The summed E-state index contributed by atoms with van der Waals surface area (Å²) in [5.41, 5.74) is -1.74. The maximum absolute atomic E-state index is 12.9. The van der Waals surface area contributed by atoms with E-state index >= 15 is 0 Å². The molecule has 39 heavy (non-hydrogen) atoms. The van der Waals surface area contributed by atoms with Gasteiger partial charge in [0.1, 0.15) is 22.9 Å². The van der Waals surface area contributed by atoms with Crippen LogP contribution in [0.4, 0.5) is 0 Å². The van der Waals surface area contributed by atoms with Crippen LogP contribution in [0.2, 0.25) is 0 Å². The Kier molecular flexibility index (Phi) is 27.1. The summed E-state index contributed by atoms with van der Waals surface area (Å²) in [5, 5.41) is 2.99. The maximum Gasteiger partial charge on any atom is 0.223 e. The summed E-state index contributed by atoms with van der Waals surface area (Å²) in [4.78, 5) is 48.2. The molecule has 0 aromatic rings. The molecule has 0 aromatic carbocycles. The van der Waals surface area contributed by atoms with Crippen molar-refractivity contribution < 1.29 is 38.1 Å². The quantitative estimate of drug-likeness (QED) is 0.181. The van der Waals surface area contributed by atoms with E-state index in [1.165, 1.54) is 7.11 Å². The third-order valence-electron chi connectivity index (χ3n) is 5.65. The number of hydrogen-bond acceptors (Lipinski definition) is 8. The van der Waals surface area contributed by atoms with Gasteiger partial charge in [-0.15, -0.1) is 0 Å². The summed E-state index contributed by atoms with van der Waals surface area (Å²) in [7, 11) is 1.54. The van der Waals surface area contributed by atoms with Crippen molar-refractivity contribution in [3.05, 3.63) is 0 Å². The number of carbonyl (C=O) groups is 4. The van der Waals surface area contributed by atoms with Crippen LogP contribution < -0.4 is 5.32 Å². The zero-order valence-electron chi connectivity index (χ0n) is 26.8. The van der Waals surface area contributed by atoms with Gasteiger partial charge in [0.15, 0.2) is 0 Å². The SMILES string of the molecule is CC.CC.CCC(=O)CCOCC(COCCC(=O)CC)(COCCC(=O)C(C)C)NC(=O)CC(C)(C)OC. The highest BCUT2D eigenvalue weighted by Crippen LogP contribution is 2.16. The third kappa shape index (κ3) is 22.8. The first-order chi connectivity index (χ1) is 18.4. The van der Waals surface area contributed by atoms with E-state index in [9.17, 15) is 19.2 Å². The molecule has 0 aliphatic heterocycles. The molecule has 0 radical (unpaired) electrons. The standard InChI is InChI=1S/C26H47NO8.2C2H6/c1-8-21(28)10-13-33-17-26(18-34-14-11-22(29)9-2,19-35-15-12-23(30)20(3)4)27-24(31)16-25(5,6)32-7;2*1-2/h20H,8-19H2,1-7H3,(H,27,31);2*1-2H3. The fourth-order valence-electron chi connectivity index (χ4n) is 3.02. The predicted molar refractivity (Wildman–Crippen MR) is 156 cm³/mol. The van der Waals surface area contributed by atoms with E-state index < -0.39 is 11.1 Å². The molecule has 1 N–H and O–H groups in total. The van der Waals surface area contributed by atoms with Crippen molar-refractivity contribution in [1.82, 2.24) is 5.32 Å². The monoisotopic (exact) mass is 561 g/mol. The highest BCUT2D eigenvalue weighted by Gasteiger charge is 2.35. The minimum Gasteiger partial charge on any atom is -0.378 e. The summed E-state index contributed by atoms with van der Waals surface area (Å²) in [5.74, 6) is -0.109. The van der Waals surface area contributed by atoms with Crippen molar-refractivity contribution >= 4 is 23.3 Å². The second-order valence-electron chi connectivity index (χ2n) is 9.78. The van der Waals surface area contributed by atoms with Gasteiger partial charge in [-0.1, -0.05) is 55.4 Å². The van der Waals surface area contributed by atoms with Crippen LogP contribution in [-0.4, -0.2) is 81.1 Å². The number of rotatable bonds is 22. The molecule has 0 aromatic heterocycles. The normalized spacial score (nSPS) is 11.2. The lowest BCUT2D eigenvalue weighted by Gasteiger charge is -2.35. The van der Waals surface area contributed by atoms with Gasteiger partial charge in [-0.05, 0) is 13.8 Å². The van der Waals surface area contributed by atoms with Gasteiger partial charge < -0.3 is 24.3 Å². The van der Waals surface area contributed by atoms with E-state index in [0.717, 1.165) is 0 Å². The molecule has 0 spiro atoms. The second-order valence-corrected chi connectivity index (χ2v) is 9.78. The Balaban J connectivity index is -0.00000308. The molecule has 0 saturated heterocycles. The van der Waals surface area contributed by atoms with Crippen molar-refractivity contribution in [3.63, 3.8) is 0 Å². The highest BCUT2D eigenvalue weighted by atomic mass is 16.5. The second kappa shape index (κ2) is 25.3. The molecule has 0 atom stereocenters. The first-order valence-corrected chi connectivity index (χ1v) is 14.6. The molecule has 0 heterocycles. The van der Waals surface area contributed by atoms with Crippen LogP contribution in [0.25, 0.3) is 0 Å². The van der Waals surface area contributed by atoms with Gasteiger partial charge in [0.25, 0.3) is 0 Å². The molecule has 9 heteroatoms. The van der Waals surface area contributed by atoms with Gasteiger partial charge in [0, 0.05) is 45.1 Å². The Labute approximate surface area is 238 Å². The number of ketones is 3. The number of ether oxygens (including phenoxy) is 4. The smallest absolute Gasteiger partial charge is 0.223 e. The molecule has 232 valence electrons. The van der Waals surface area contributed by atoms with Crippen molar-refractivity contribution in [1.29, 1.82) is 0 Å². The van der Waals surface area contributed by atoms with Gasteiger partial charge in [-0.2, -0.15) is 0 Å². The van der Waals surface area contributed by atoms with E-state index in [1.54, 1.807) is 13.8 Å². The van der Waals surface area contributed by atoms with Crippen LogP contribution >= 0.6 is 0 Å². The molecule has 9 nitrogen and oxygen atoms in total. The van der Waals surface area contributed by atoms with Gasteiger partial charge in [0.05, 0.1) is 51.7 Å². The van der Waals surface area contributed by atoms with Gasteiger partial charge in [0.2, 0.25) is 5.91 Å². The lowest BCUT2D eigenvalue weighted by Crippen LogP contribution is -2.59. The molecule has 0 aliphatic carbocycles.